The van der Waals surface area contributed by atoms with Gasteiger partial charge in [-0.2, -0.15) is 0 Å². The van der Waals surface area contributed by atoms with Crippen molar-refractivity contribution in [2.75, 3.05) is 18.0 Å². The standard InChI is InChI=1S/C15H23BrFN3O/c1-3-5-9-20(10-6-4-2)12-8-7-11(15(18)19-21)13(16)14(12)17/h7-8,21H,3-6,9-10H2,1-2H3,(H2,18,19). The van der Waals surface area contributed by atoms with E-state index in [0.717, 1.165) is 38.8 Å². The van der Waals surface area contributed by atoms with Gasteiger partial charge in [0.2, 0.25) is 0 Å². The second-order valence-electron chi connectivity index (χ2n) is 4.94. The molecular formula is C15H23BrFN3O. The molecule has 1 aromatic rings. The van der Waals surface area contributed by atoms with Crippen LogP contribution >= 0.6 is 15.9 Å². The number of halogens is 2. The van der Waals surface area contributed by atoms with Crippen molar-refractivity contribution in [3.05, 3.63) is 28.0 Å². The summed E-state index contributed by atoms with van der Waals surface area (Å²) in [7, 11) is 0. The van der Waals surface area contributed by atoms with Crippen LogP contribution in [-0.4, -0.2) is 24.1 Å². The Balaban J connectivity index is 3.11. The maximum Gasteiger partial charge on any atom is 0.171 e. The highest BCUT2D eigenvalue weighted by Gasteiger charge is 2.17. The number of unbranched alkanes of at least 4 members (excludes halogenated alkanes) is 2. The van der Waals surface area contributed by atoms with E-state index in [1.165, 1.54) is 0 Å². The molecule has 0 spiro atoms. The Labute approximate surface area is 133 Å². The highest BCUT2D eigenvalue weighted by atomic mass is 79.9. The van der Waals surface area contributed by atoms with Crippen LogP contribution in [0.15, 0.2) is 21.8 Å². The molecule has 0 aliphatic heterocycles. The van der Waals surface area contributed by atoms with E-state index in [0.29, 0.717) is 11.3 Å². The predicted octanol–water partition coefficient (Wildman–Crippen LogP) is 4.09. The van der Waals surface area contributed by atoms with Crippen LogP contribution in [-0.2, 0) is 0 Å². The molecule has 3 N–H and O–H groups in total. The minimum Gasteiger partial charge on any atom is -0.409 e. The summed E-state index contributed by atoms with van der Waals surface area (Å²) in [5, 5.41) is 11.6. The van der Waals surface area contributed by atoms with Gasteiger partial charge in [-0.25, -0.2) is 4.39 Å². The van der Waals surface area contributed by atoms with Crippen LogP contribution in [0.25, 0.3) is 0 Å². The molecule has 0 saturated heterocycles. The molecule has 0 atom stereocenters. The second kappa shape index (κ2) is 8.87. The molecule has 21 heavy (non-hydrogen) atoms. The van der Waals surface area contributed by atoms with Crippen LogP contribution in [0.5, 0.6) is 0 Å². The first-order chi connectivity index (χ1) is 10.1. The topological polar surface area (TPSA) is 61.8 Å². The molecule has 0 aliphatic rings. The summed E-state index contributed by atoms with van der Waals surface area (Å²) < 4.78 is 14.8. The molecule has 0 bridgehead atoms. The fraction of sp³-hybridized carbons (Fsp3) is 0.533. The number of amidine groups is 1. The molecule has 0 aliphatic carbocycles. The zero-order chi connectivity index (χ0) is 15.8. The maximum atomic E-state index is 14.6. The molecule has 1 rings (SSSR count). The summed E-state index contributed by atoms with van der Waals surface area (Å²) in [4.78, 5) is 2.06. The first-order valence-corrected chi connectivity index (χ1v) is 8.06. The highest BCUT2D eigenvalue weighted by molar-refractivity contribution is 9.10. The number of oxime groups is 1. The van der Waals surface area contributed by atoms with Crippen molar-refractivity contribution in [2.24, 2.45) is 10.9 Å². The number of nitrogens with zero attached hydrogens (tertiary/aromatic N) is 2. The lowest BCUT2D eigenvalue weighted by molar-refractivity contribution is 0.318. The molecule has 0 saturated carbocycles. The van der Waals surface area contributed by atoms with Crippen molar-refractivity contribution >= 4 is 27.5 Å². The first kappa shape index (κ1) is 17.8. The van der Waals surface area contributed by atoms with E-state index in [1.807, 2.05) is 0 Å². The van der Waals surface area contributed by atoms with Gasteiger partial charge in [-0.05, 0) is 40.9 Å². The minimum atomic E-state index is -0.369. The normalized spacial score (nSPS) is 11.7. The third-order valence-corrected chi connectivity index (χ3v) is 4.12. The molecule has 0 aromatic heterocycles. The van der Waals surface area contributed by atoms with Gasteiger partial charge in [0, 0.05) is 18.7 Å². The number of anilines is 1. The monoisotopic (exact) mass is 359 g/mol. The van der Waals surface area contributed by atoms with E-state index in [2.05, 4.69) is 39.8 Å². The van der Waals surface area contributed by atoms with Gasteiger partial charge in [-0.1, -0.05) is 31.8 Å². The number of benzene rings is 1. The molecule has 0 unspecified atom stereocenters. The number of nitrogens with two attached hydrogens (primary N) is 1. The summed E-state index contributed by atoms with van der Waals surface area (Å²) >= 11 is 3.20. The van der Waals surface area contributed by atoms with Crippen LogP contribution in [0.2, 0.25) is 0 Å². The van der Waals surface area contributed by atoms with E-state index in [1.54, 1.807) is 12.1 Å². The molecule has 118 valence electrons. The molecule has 0 heterocycles. The predicted molar refractivity (Wildman–Crippen MR) is 88.6 cm³/mol. The van der Waals surface area contributed by atoms with Crippen molar-refractivity contribution in [3.8, 4) is 0 Å². The summed E-state index contributed by atoms with van der Waals surface area (Å²) in [5.74, 6) is -0.479. The van der Waals surface area contributed by atoms with E-state index in [9.17, 15) is 4.39 Å². The number of rotatable bonds is 8. The van der Waals surface area contributed by atoms with E-state index >= 15 is 0 Å². The summed E-state index contributed by atoms with van der Waals surface area (Å²) in [6, 6.07) is 3.36. The van der Waals surface area contributed by atoms with Gasteiger partial charge in [0.1, 0.15) is 0 Å². The van der Waals surface area contributed by atoms with Gasteiger partial charge in [0.05, 0.1) is 10.2 Å². The van der Waals surface area contributed by atoms with Crippen LogP contribution in [0.4, 0.5) is 10.1 Å². The van der Waals surface area contributed by atoms with E-state index in [4.69, 9.17) is 10.9 Å². The molecule has 0 radical (unpaired) electrons. The maximum absolute atomic E-state index is 14.6. The van der Waals surface area contributed by atoms with Crippen molar-refractivity contribution < 1.29 is 9.60 Å². The van der Waals surface area contributed by atoms with Crippen molar-refractivity contribution in [2.45, 2.75) is 39.5 Å². The lowest BCUT2D eigenvalue weighted by atomic mass is 10.1. The lowest BCUT2D eigenvalue weighted by Gasteiger charge is -2.26. The largest absolute Gasteiger partial charge is 0.409 e. The van der Waals surface area contributed by atoms with Gasteiger partial charge in [-0.15, -0.1) is 0 Å². The summed E-state index contributed by atoms with van der Waals surface area (Å²) in [5.41, 5.74) is 6.45. The first-order valence-electron chi connectivity index (χ1n) is 7.27. The van der Waals surface area contributed by atoms with Crippen LogP contribution in [0, 0.1) is 5.82 Å². The average Bonchev–Trinajstić information content (AvgIpc) is 2.50. The molecule has 0 fully saturated rings. The fourth-order valence-corrected chi connectivity index (χ4v) is 2.62. The Morgan fingerprint density at radius 2 is 1.86 bits per heavy atom. The van der Waals surface area contributed by atoms with Gasteiger partial charge >= 0.3 is 0 Å². The zero-order valence-corrected chi connectivity index (χ0v) is 14.2. The van der Waals surface area contributed by atoms with Gasteiger partial charge in [-0.3, -0.25) is 0 Å². The highest BCUT2D eigenvalue weighted by Crippen LogP contribution is 2.30. The second-order valence-corrected chi connectivity index (χ2v) is 5.73. The average molecular weight is 360 g/mol. The number of hydrogen-bond acceptors (Lipinski definition) is 3. The van der Waals surface area contributed by atoms with Crippen LogP contribution in [0.3, 0.4) is 0 Å². The quantitative estimate of drug-likeness (QED) is 0.318. The molecule has 4 nitrogen and oxygen atoms in total. The Morgan fingerprint density at radius 3 is 2.33 bits per heavy atom. The molecule has 1 aromatic carbocycles. The smallest absolute Gasteiger partial charge is 0.171 e. The van der Waals surface area contributed by atoms with Crippen LogP contribution < -0.4 is 10.6 Å². The lowest BCUT2D eigenvalue weighted by Crippen LogP contribution is -2.27. The Kier molecular flexibility index (Phi) is 7.50. The minimum absolute atomic E-state index is 0.110. The Hall–Kier alpha value is -1.30. The molecule has 6 heteroatoms. The summed E-state index contributed by atoms with van der Waals surface area (Å²) in [6.07, 6.45) is 4.16. The molecular weight excluding hydrogens is 337 g/mol. The van der Waals surface area contributed by atoms with Crippen LogP contribution in [0.1, 0.15) is 45.1 Å². The molecule has 0 amide bonds. The van der Waals surface area contributed by atoms with Crippen molar-refractivity contribution in [1.82, 2.24) is 0 Å². The Bertz CT molecular complexity index is 486. The van der Waals surface area contributed by atoms with Gasteiger partial charge in [0.25, 0.3) is 0 Å². The third-order valence-electron chi connectivity index (χ3n) is 3.35. The van der Waals surface area contributed by atoms with Gasteiger partial charge in [0.15, 0.2) is 11.7 Å². The van der Waals surface area contributed by atoms with E-state index < -0.39 is 0 Å². The Morgan fingerprint density at radius 1 is 1.29 bits per heavy atom. The summed E-state index contributed by atoms with van der Waals surface area (Å²) in [6.45, 7) is 5.88. The zero-order valence-electron chi connectivity index (χ0n) is 12.6. The van der Waals surface area contributed by atoms with Gasteiger partial charge < -0.3 is 15.8 Å². The van der Waals surface area contributed by atoms with Crippen molar-refractivity contribution in [1.29, 1.82) is 0 Å². The van der Waals surface area contributed by atoms with E-state index in [-0.39, 0.29) is 16.1 Å². The number of hydrogen-bond donors (Lipinski definition) is 2. The fourth-order valence-electron chi connectivity index (χ4n) is 2.09. The SMILES string of the molecule is CCCCN(CCCC)c1ccc(/C(N)=N/O)c(Br)c1F. The van der Waals surface area contributed by atoms with Crippen molar-refractivity contribution in [3.63, 3.8) is 0 Å². The third kappa shape index (κ3) is 4.59.